The molecule has 0 aliphatic carbocycles. The molecule has 3 aromatic heterocycles. The smallest absolute Gasteiger partial charge is 0.213 e. The number of aromatic nitrogens is 3. The zero-order valence-corrected chi connectivity index (χ0v) is 35.8. The Kier molecular flexibility index (Phi) is 11.0. The van der Waals surface area contributed by atoms with Gasteiger partial charge < -0.3 is 4.57 Å². The van der Waals surface area contributed by atoms with E-state index in [1.54, 1.807) is 0 Å². The molecule has 0 radical (unpaired) electrons. The molecule has 8 rings (SSSR count). The number of unbranched alkanes of at least 4 members (excludes halogenated alkanes) is 1. The normalized spacial score (nSPS) is 15.3. The summed E-state index contributed by atoms with van der Waals surface area (Å²) in [6.45, 7) is 20.8. The lowest BCUT2D eigenvalue weighted by Gasteiger charge is -2.40. The van der Waals surface area contributed by atoms with E-state index in [1.807, 2.05) is 0 Å². The second kappa shape index (κ2) is 16.1. The molecule has 0 bridgehead atoms. The molecule has 2 unspecified atom stereocenters. The number of pyridine rings is 2. The quantitative estimate of drug-likeness (QED) is 0.104. The molecule has 3 nitrogen and oxygen atoms in total. The van der Waals surface area contributed by atoms with Crippen molar-refractivity contribution in [3.8, 4) is 33.6 Å². The summed E-state index contributed by atoms with van der Waals surface area (Å²) in [6.07, 6.45) is 11.8. The third-order valence-electron chi connectivity index (χ3n) is 13.5. The number of hydrogen-bond donors (Lipinski definition) is 0. The van der Waals surface area contributed by atoms with E-state index in [1.165, 1.54) is 97.0 Å². The number of fused-ring (bicyclic) bond motifs is 6. The highest BCUT2D eigenvalue weighted by atomic mass is 15.1. The minimum Gasteiger partial charge on any atom is -0.340 e. The van der Waals surface area contributed by atoms with E-state index in [4.69, 9.17) is 0 Å². The maximum Gasteiger partial charge on any atom is 0.213 e. The lowest BCUT2D eigenvalue weighted by Crippen LogP contribution is -2.62. The van der Waals surface area contributed by atoms with Crippen LogP contribution in [0.5, 0.6) is 0 Å². The van der Waals surface area contributed by atoms with E-state index in [0.717, 1.165) is 32.4 Å². The first-order chi connectivity index (χ1) is 27.7. The first kappa shape index (κ1) is 38.8. The van der Waals surface area contributed by atoms with Crippen LogP contribution in [0.3, 0.4) is 0 Å². The molecule has 0 spiro atoms. The van der Waals surface area contributed by atoms with E-state index >= 15 is 0 Å². The molecule has 292 valence electrons. The Hall–Kier alpha value is -5.02. The average Bonchev–Trinajstić information content (AvgIpc) is 3.52. The average molecular weight is 754 g/mol. The van der Waals surface area contributed by atoms with Crippen LogP contribution in [-0.2, 0) is 18.6 Å². The van der Waals surface area contributed by atoms with Crippen molar-refractivity contribution in [3.63, 3.8) is 0 Å². The van der Waals surface area contributed by atoms with Crippen LogP contribution in [0.15, 0.2) is 122 Å². The van der Waals surface area contributed by atoms with Crippen molar-refractivity contribution < 1.29 is 9.13 Å². The Morgan fingerprint density at radius 2 is 1.44 bits per heavy atom. The number of aryl methyl sites for hydroxylation is 3. The first-order valence-electron chi connectivity index (χ1n) is 22.0. The highest BCUT2D eigenvalue weighted by Gasteiger charge is 2.52. The van der Waals surface area contributed by atoms with Crippen LogP contribution in [-0.4, -0.2) is 4.57 Å². The van der Waals surface area contributed by atoms with E-state index in [0.29, 0.717) is 17.8 Å². The second-order valence-corrected chi connectivity index (χ2v) is 17.5. The van der Waals surface area contributed by atoms with Crippen molar-refractivity contribution in [2.75, 3.05) is 0 Å². The number of rotatable bonds is 13. The lowest BCUT2D eigenvalue weighted by molar-refractivity contribution is -0.764. The molecule has 0 saturated carbocycles. The van der Waals surface area contributed by atoms with Gasteiger partial charge in [0.2, 0.25) is 11.4 Å². The number of benzene rings is 4. The lowest BCUT2D eigenvalue weighted by atomic mass is 9.68. The summed E-state index contributed by atoms with van der Waals surface area (Å²) >= 11 is 0. The Morgan fingerprint density at radius 1 is 0.702 bits per heavy atom. The number of hydrogen-bond acceptors (Lipinski definition) is 0. The van der Waals surface area contributed by atoms with Crippen LogP contribution in [0.1, 0.15) is 114 Å². The Bertz CT molecular complexity index is 2530. The summed E-state index contributed by atoms with van der Waals surface area (Å²) in [5, 5.41) is 2.69. The van der Waals surface area contributed by atoms with E-state index in [9.17, 15) is 0 Å². The number of nitrogens with zero attached hydrogens (tertiary/aromatic N) is 3. The topological polar surface area (TPSA) is 12.7 Å². The first-order valence-corrected chi connectivity index (χ1v) is 22.0. The van der Waals surface area contributed by atoms with Crippen LogP contribution < -0.4 is 9.13 Å². The SMILES string of the molecule is CCCCC(C)c1cc2[n+](cc1-c1ccccc1)C(CC)(CC)C(CC[n+]1ccc(C)cc1-c1cc3c4ccccc4n(CC(C)C)c3cc1C)c1ccccc1-2. The van der Waals surface area contributed by atoms with Gasteiger partial charge in [0.25, 0.3) is 0 Å². The highest BCUT2D eigenvalue weighted by Crippen LogP contribution is 2.48. The molecule has 4 aromatic carbocycles. The summed E-state index contributed by atoms with van der Waals surface area (Å²) in [5.41, 5.74) is 16.4. The van der Waals surface area contributed by atoms with Gasteiger partial charge in [-0.2, -0.15) is 9.13 Å². The summed E-state index contributed by atoms with van der Waals surface area (Å²) in [4.78, 5) is 0. The second-order valence-electron chi connectivity index (χ2n) is 17.5. The van der Waals surface area contributed by atoms with Gasteiger partial charge in [-0.1, -0.05) is 121 Å². The summed E-state index contributed by atoms with van der Waals surface area (Å²) in [6, 6.07) is 41.7. The van der Waals surface area contributed by atoms with Gasteiger partial charge in [0.15, 0.2) is 17.9 Å². The molecule has 7 aromatic rings. The molecule has 0 amide bonds. The molecule has 1 aliphatic heterocycles. The van der Waals surface area contributed by atoms with Gasteiger partial charge in [0, 0.05) is 82.5 Å². The third-order valence-corrected chi connectivity index (χ3v) is 13.5. The standard InChI is InChI=1S/C54H63N3/c1-9-12-20-39(7)45-34-53-43-24-17-16-23-42(43)49(54(10-2,11-3)57(53)36-48(45)41-21-14-13-15-22-41)28-30-55-29-27-38(6)31-51(55)46-33-47-44-25-18-19-26-50(44)56(35-37(4)5)52(47)32-40(46)8/h13-19,21-27,29,31-34,36-37,39,49H,9-12,20,28,30,35H2,1-8H3/q+2. The molecule has 1 aliphatic rings. The highest BCUT2D eigenvalue weighted by molar-refractivity contribution is 6.09. The minimum atomic E-state index is -0.0586. The largest absolute Gasteiger partial charge is 0.340 e. The van der Waals surface area contributed by atoms with Crippen molar-refractivity contribution in [3.05, 3.63) is 144 Å². The fourth-order valence-electron chi connectivity index (χ4n) is 10.4. The maximum atomic E-state index is 2.74. The van der Waals surface area contributed by atoms with E-state index < -0.39 is 0 Å². The molecule has 57 heavy (non-hydrogen) atoms. The monoisotopic (exact) mass is 754 g/mol. The maximum absolute atomic E-state index is 2.74. The predicted molar refractivity (Wildman–Crippen MR) is 241 cm³/mol. The van der Waals surface area contributed by atoms with Crippen LogP contribution in [0.25, 0.3) is 55.4 Å². The molecule has 0 fully saturated rings. The molecular weight excluding hydrogens is 691 g/mol. The van der Waals surface area contributed by atoms with Crippen LogP contribution in [0, 0.1) is 19.8 Å². The van der Waals surface area contributed by atoms with Gasteiger partial charge in [-0.3, -0.25) is 0 Å². The molecule has 2 atom stereocenters. The molecule has 4 heterocycles. The Labute approximate surface area is 342 Å². The fourth-order valence-corrected chi connectivity index (χ4v) is 10.4. The van der Waals surface area contributed by atoms with Gasteiger partial charge in [0.05, 0.1) is 5.92 Å². The predicted octanol–water partition coefficient (Wildman–Crippen LogP) is 13.6. The van der Waals surface area contributed by atoms with Crippen molar-refractivity contribution in [2.24, 2.45) is 5.92 Å². The van der Waals surface area contributed by atoms with Crippen molar-refractivity contribution >= 4 is 21.8 Å². The molecule has 3 heteroatoms. The van der Waals surface area contributed by atoms with Crippen LogP contribution in [0.4, 0.5) is 0 Å². The van der Waals surface area contributed by atoms with E-state index in [-0.39, 0.29) is 5.54 Å². The van der Waals surface area contributed by atoms with Crippen LogP contribution >= 0.6 is 0 Å². The van der Waals surface area contributed by atoms with Gasteiger partial charge in [-0.25, -0.2) is 0 Å². The molecule has 0 saturated heterocycles. The molecular formula is C54H63N3+2. The Balaban J connectivity index is 1.24. The van der Waals surface area contributed by atoms with Crippen LogP contribution in [0.2, 0.25) is 0 Å². The summed E-state index contributed by atoms with van der Waals surface area (Å²) in [7, 11) is 0. The minimum absolute atomic E-state index is 0.0586. The molecule has 0 N–H and O–H groups in total. The summed E-state index contributed by atoms with van der Waals surface area (Å²) < 4.78 is 7.84. The number of para-hydroxylation sites is 1. The zero-order chi connectivity index (χ0) is 39.8. The van der Waals surface area contributed by atoms with Crippen molar-refractivity contribution in [2.45, 2.75) is 124 Å². The van der Waals surface area contributed by atoms with Crippen molar-refractivity contribution in [1.29, 1.82) is 0 Å². The van der Waals surface area contributed by atoms with Gasteiger partial charge in [-0.05, 0) is 84.2 Å². The third kappa shape index (κ3) is 6.92. The van der Waals surface area contributed by atoms with Gasteiger partial charge in [-0.15, -0.1) is 0 Å². The Morgan fingerprint density at radius 3 is 2.19 bits per heavy atom. The van der Waals surface area contributed by atoms with Gasteiger partial charge >= 0.3 is 0 Å². The fraction of sp³-hybridized carbons (Fsp3) is 0.370. The summed E-state index contributed by atoms with van der Waals surface area (Å²) in [5.74, 6) is 1.41. The zero-order valence-electron chi connectivity index (χ0n) is 35.8. The van der Waals surface area contributed by atoms with Gasteiger partial charge in [0.1, 0.15) is 6.54 Å². The van der Waals surface area contributed by atoms with E-state index in [2.05, 4.69) is 191 Å². The van der Waals surface area contributed by atoms with Crippen molar-refractivity contribution in [1.82, 2.24) is 4.57 Å².